The predicted molar refractivity (Wildman–Crippen MR) is 42.7 cm³/mol. The van der Waals surface area contributed by atoms with Crippen molar-refractivity contribution < 1.29 is 13.2 Å². The van der Waals surface area contributed by atoms with Gasteiger partial charge < -0.3 is 4.79 Å². The van der Waals surface area contributed by atoms with Crippen LogP contribution in [0.3, 0.4) is 0 Å². The average molecular weight is 179 g/mol. The van der Waals surface area contributed by atoms with Crippen molar-refractivity contribution in [2.75, 3.05) is 14.1 Å². The number of hydrogen-bond acceptors (Lipinski definition) is 3. The first-order valence-electron chi connectivity index (χ1n) is 3.14. The number of carbonyl (C=O) groups excluding carboxylic acids is 1. The highest BCUT2D eigenvalue weighted by Crippen LogP contribution is 2.15. The Morgan fingerprint density at radius 1 is 1.27 bits per heavy atom. The predicted octanol–water partition coefficient (Wildman–Crippen LogP) is -0.145. The Balaban J connectivity index is 5.01. The van der Waals surface area contributed by atoms with E-state index >= 15 is 0 Å². The van der Waals surface area contributed by atoms with Crippen LogP contribution in [0.25, 0.3) is 0 Å². The zero-order valence-corrected chi connectivity index (χ0v) is 7.97. The minimum atomic E-state index is -3.46. The first-order chi connectivity index (χ1) is 4.75. The van der Waals surface area contributed by atoms with E-state index in [2.05, 4.69) is 0 Å². The fourth-order valence-corrected chi connectivity index (χ4v) is 1.59. The van der Waals surface area contributed by atoms with Gasteiger partial charge in [-0.3, -0.25) is 0 Å². The molecule has 0 spiro atoms. The molecule has 0 aromatic heterocycles. The van der Waals surface area contributed by atoms with Crippen molar-refractivity contribution in [3.63, 3.8) is 0 Å². The maximum Gasteiger partial charge on any atom is 0.225 e. The van der Waals surface area contributed by atoms with Crippen molar-refractivity contribution in [3.8, 4) is 0 Å². The maximum atomic E-state index is 11.3. The molecule has 5 heteroatoms. The Bertz CT molecular complexity index is 241. The van der Waals surface area contributed by atoms with Gasteiger partial charge in [0.2, 0.25) is 10.0 Å². The standard InChI is InChI=1S/C6H13NO3S/c1-6(2,5-8)11(9,10)7(3)4/h5H,1-4H3. The highest BCUT2D eigenvalue weighted by Gasteiger charge is 2.35. The lowest BCUT2D eigenvalue weighted by atomic mass is 10.2. The van der Waals surface area contributed by atoms with Crippen molar-refractivity contribution in [1.82, 2.24) is 4.31 Å². The summed E-state index contributed by atoms with van der Waals surface area (Å²) in [4.78, 5) is 10.4. The van der Waals surface area contributed by atoms with E-state index in [1.165, 1.54) is 27.9 Å². The highest BCUT2D eigenvalue weighted by atomic mass is 32.2. The molecule has 11 heavy (non-hydrogen) atoms. The molecule has 0 N–H and O–H groups in total. The molecule has 0 bridgehead atoms. The van der Waals surface area contributed by atoms with Gasteiger partial charge in [-0.25, -0.2) is 12.7 Å². The summed E-state index contributed by atoms with van der Waals surface area (Å²) in [6.45, 7) is 2.74. The van der Waals surface area contributed by atoms with Crippen molar-refractivity contribution >= 4 is 16.3 Å². The van der Waals surface area contributed by atoms with Gasteiger partial charge in [-0.2, -0.15) is 0 Å². The summed E-state index contributed by atoms with van der Waals surface area (Å²) >= 11 is 0. The first-order valence-corrected chi connectivity index (χ1v) is 4.58. The van der Waals surface area contributed by atoms with E-state index in [4.69, 9.17) is 0 Å². The third-order valence-electron chi connectivity index (χ3n) is 1.43. The largest absolute Gasteiger partial charge is 0.302 e. The van der Waals surface area contributed by atoms with Gasteiger partial charge in [-0.05, 0) is 13.8 Å². The third-order valence-corrected chi connectivity index (χ3v) is 3.82. The second kappa shape index (κ2) is 2.91. The van der Waals surface area contributed by atoms with Gasteiger partial charge in [0.05, 0.1) is 0 Å². The number of aldehydes is 1. The van der Waals surface area contributed by atoms with Crippen LogP contribution in [-0.2, 0) is 14.8 Å². The molecule has 0 unspecified atom stereocenters. The molecular weight excluding hydrogens is 166 g/mol. The molecule has 0 radical (unpaired) electrons. The van der Waals surface area contributed by atoms with Gasteiger partial charge in [0.15, 0.2) is 0 Å². The molecule has 0 heterocycles. The summed E-state index contributed by atoms with van der Waals surface area (Å²) in [5.41, 5.74) is 0. The smallest absolute Gasteiger partial charge is 0.225 e. The molecule has 0 aliphatic carbocycles. The van der Waals surface area contributed by atoms with Gasteiger partial charge in [0.25, 0.3) is 0 Å². The molecular formula is C6H13NO3S. The fraction of sp³-hybridized carbons (Fsp3) is 0.833. The molecule has 0 saturated heterocycles. The van der Waals surface area contributed by atoms with Crippen molar-refractivity contribution in [3.05, 3.63) is 0 Å². The van der Waals surface area contributed by atoms with E-state index in [1.54, 1.807) is 0 Å². The van der Waals surface area contributed by atoms with Crippen LogP contribution < -0.4 is 0 Å². The van der Waals surface area contributed by atoms with Gasteiger partial charge in [-0.1, -0.05) is 0 Å². The summed E-state index contributed by atoms with van der Waals surface area (Å²) in [6.07, 6.45) is 0.433. The van der Waals surface area contributed by atoms with Crippen LogP contribution in [0.15, 0.2) is 0 Å². The minimum Gasteiger partial charge on any atom is -0.302 e. The molecule has 0 aliphatic rings. The van der Waals surface area contributed by atoms with E-state index in [-0.39, 0.29) is 0 Å². The molecule has 0 amide bonds. The summed E-state index contributed by atoms with van der Waals surface area (Å²) in [6, 6.07) is 0. The molecule has 0 aromatic carbocycles. The quantitative estimate of drug-likeness (QED) is 0.566. The van der Waals surface area contributed by atoms with Gasteiger partial charge >= 0.3 is 0 Å². The monoisotopic (exact) mass is 179 g/mol. The zero-order chi connectivity index (χ0) is 9.28. The van der Waals surface area contributed by atoms with Crippen LogP contribution in [-0.4, -0.2) is 37.9 Å². The Labute approximate surface area is 67.2 Å². The van der Waals surface area contributed by atoms with E-state index in [0.717, 1.165) is 4.31 Å². The van der Waals surface area contributed by atoms with Crippen molar-refractivity contribution in [1.29, 1.82) is 0 Å². The molecule has 4 nitrogen and oxygen atoms in total. The van der Waals surface area contributed by atoms with Crippen LogP contribution in [0, 0.1) is 0 Å². The highest BCUT2D eigenvalue weighted by molar-refractivity contribution is 7.91. The molecule has 66 valence electrons. The molecule has 0 fully saturated rings. The van der Waals surface area contributed by atoms with E-state index in [9.17, 15) is 13.2 Å². The number of rotatable bonds is 3. The van der Waals surface area contributed by atoms with E-state index in [0.29, 0.717) is 6.29 Å². The van der Waals surface area contributed by atoms with Crippen LogP contribution in [0.2, 0.25) is 0 Å². The molecule has 0 atom stereocenters. The van der Waals surface area contributed by atoms with Crippen LogP contribution in [0.5, 0.6) is 0 Å². The molecule has 0 saturated carbocycles. The molecule has 0 rings (SSSR count). The normalized spacial score (nSPS) is 13.5. The van der Waals surface area contributed by atoms with Crippen LogP contribution in [0.4, 0.5) is 0 Å². The fourth-order valence-electron chi connectivity index (χ4n) is 0.531. The second-order valence-corrected chi connectivity index (χ2v) is 5.74. The molecule has 0 aromatic rings. The number of carbonyl (C=O) groups is 1. The Morgan fingerprint density at radius 3 is 1.73 bits per heavy atom. The average Bonchev–Trinajstić information content (AvgIpc) is 1.87. The molecule has 0 aliphatic heterocycles. The second-order valence-electron chi connectivity index (χ2n) is 3.01. The summed E-state index contributed by atoms with van der Waals surface area (Å²) in [5.74, 6) is 0. The Hall–Kier alpha value is -0.420. The Kier molecular flexibility index (Phi) is 2.79. The summed E-state index contributed by atoms with van der Waals surface area (Å²) in [5, 5.41) is 0. The number of sulfonamides is 1. The van der Waals surface area contributed by atoms with Gasteiger partial charge in [0, 0.05) is 14.1 Å². The minimum absolute atomic E-state index is 0.433. The number of hydrogen-bond donors (Lipinski definition) is 0. The zero-order valence-electron chi connectivity index (χ0n) is 7.16. The number of nitrogens with zero attached hydrogens (tertiary/aromatic N) is 1. The van der Waals surface area contributed by atoms with E-state index in [1.807, 2.05) is 0 Å². The van der Waals surface area contributed by atoms with Crippen LogP contribution >= 0.6 is 0 Å². The Morgan fingerprint density at radius 2 is 1.64 bits per heavy atom. The van der Waals surface area contributed by atoms with Gasteiger partial charge in [0.1, 0.15) is 11.0 Å². The topological polar surface area (TPSA) is 54.5 Å². The lowest BCUT2D eigenvalue weighted by molar-refractivity contribution is -0.109. The van der Waals surface area contributed by atoms with E-state index < -0.39 is 14.8 Å². The third kappa shape index (κ3) is 1.78. The summed E-state index contributed by atoms with van der Waals surface area (Å²) < 4.78 is 22.3. The van der Waals surface area contributed by atoms with Crippen LogP contribution in [0.1, 0.15) is 13.8 Å². The maximum absolute atomic E-state index is 11.3. The summed E-state index contributed by atoms with van der Waals surface area (Å²) in [7, 11) is -0.655. The SMILES string of the molecule is CN(C)S(=O)(=O)C(C)(C)C=O. The first kappa shape index (κ1) is 10.6. The van der Waals surface area contributed by atoms with Crippen molar-refractivity contribution in [2.45, 2.75) is 18.6 Å². The lowest BCUT2D eigenvalue weighted by Gasteiger charge is -2.22. The van der Waals surface area contributed by atoms with Crippen molar-refractivity contribution in [2.24, 2.45) is 0 Å². The lowest BCUT2D eigenvalue weighted by Crippen LogP contribution is -2.42. The van der Waals surface area contributed by atoms with Gasteiger partial charge in [-0.15, -0.1) is 0 Å².